The third-order valence-corrected chi connectivity index (χ3v) is 2.50. The highest BCUT2D eigenvalue weighted by Gasteiger charge is 2.32. The van der Waals surface area contributed by atoms with Gasteiger partial charge in [-0.1, -0.05) is 20.3 Å². The summed E-state index contributed by atoms with van der Waals surface area (Å²) in [6, 6.07) is -0.414. The lowest BCUT2D eigenvalue weighted by Crippen LogP contribution is -2.25. The van der Waals surface area contributed by atoms with Crippen molar-refractivity contribution in [3.63, 3.8) is 0 Å². The molecule has 0 aromatic carbocycles. The molecule has 5 N–H and O–H groups in total. The summed E-state index contributed by atoms with van der Waals surface area (Å²) in [6.45, 7) is 3.91. The van der Waals surface area contributed by atoms with Crippen LogP contribution in [0, 0.1) is 5.92 Å². The second-order valence-corrected chi connectivity index (χ2v) is 3.47. The van der Waals surface area contributed by atoms with Crippen molar-refractivity contribution in [3.05, 3.63) is 11.3 Å². The predicted molar refractivity (Wildman–Crippen MR) is 53.7 cm³/mol. The first kappa shape index (κ1) is 10.6. The Labute approximate surface area is 82.5 Å². The molecule has 2 atom stereocenters. The van der Waals surface area contributed by atoms with E-state index in [2.05, 4.69) is 4.99 Å². The van der Waals surface area contributed by atoms with Crippen LogP contribution in [0.2, 0.25) is 0 Å². The molecule has 1 aliphatic rings. The SMILES string of the molecule is CC[C@H](C)[C@H]1N=C(N)C(C(N)=O)=C1O. The molecule has 1 aliphatic heterocycles. The summed E-state index contributed by atoms with van der Waals surface area (Å²) in [5.74, 6) is -0.635. The van der Waals surface area contributed by atoms with Crippen LogP contribution in [0.4, 0.5) is 0 Å². The summed E-state index contributed by atoms with van der Waals surface area (Å²) in [7, 11) is 0. The number of nitrogens with two attached hydrogens (primary N) is 2. The molecule has 0 saturated heterocycles. The van der Waals surface area contributed by atoms with Crippen LogP contribution in [0.15, 0.2) is 16.3 Å². The largest absolute Gasteiger partial charge is 0.509 e. The molecule has 0 fully saturated rings. The van der Waals surface area contributed by atoms with Crippen molar-refractivity contribution < 1.29 is 9.90 Å². The van der Waals surface area contributed by atoms with Crippen LogP contribution in [0.1, 0.15) is 20.3 Å². The molecular weight excluding hydrogens is 182 g/mol. The molecule has 0 saturated carbocycles. The lowest BCUT2D eigenvalue weighted by molar-refractivity contribution is -0.114. The fourth-order valence-electron chi connectivity index (χ4n) is 1.43. The van der Waals surface area contributed by atoms with Gasteiger partial charge in [0.25, 0.3) is 5.91 Å². The minimum Gasteiger partial charge on any atom is -0.509 e. The zero-order valence-electron chi connectivity index (χ0n) is 8.32. The molecule has 14 heavy (non-hydrogen) atoms. The molecule has 0 spiro atoms. The van der Waals surface area contributed by atoms with Gasteiger partial charge in [-0.05, 0) is 5.92 Å². The normalized spacial score (nSPS) is 23.6. The highest BCUT2D eigenvalue weighted by molar-refractivity contribution is 6.21. The lowest BCUT2D eigenvalue weighted by Gasteiger charge is -2.14. The van der Waals surface area contributed by atoms with Crippen molar-refractivity contribution in [2.45, 2.75) is 26.3 Å². The number of aliphatic hydroxyl groups excluding tert-OH is 1. The van der Waals surface area contributed by atoms with E-state index in [1.54, 1.807) is 0 Å². The monoisotopic (exact) mass is 197 g/mol. The van der Waals surface area contributed by atoms with Crippen LogP contribution in [0.25, 0.3) is 0 Å². The molecule has 78 valence electrons. The molecule has 1 rings (SSSR count). The number of primary amides is 1. The van der Waals surface area contributed by atoms with Crippen molar-refractivity contribution in [1.29, 1.82) is 0 Å². The number of carbonyl (C=O) groups is 1. The van der Waals surface area contributed by atoms with Crippen LogP contribution in [0.3, 0.4) is 0 Å². The minimum atomic E-state index is -0.727. The molecule has 0 aliphatic carbocycles. The van der Waals surface area contributed by atoms with E-state index < -0.39 is 11.9 Å². The lowest BCUT2D eigenvalue weighted by atomic mass is 9.97. The van der Waals surface area contributed by atoms with E-state index in [0.29, 0.717) is 0 Å². The zero-order valence-corrected chi connectivity index (χ0v) is 8.32. The van der Waals surface area contributed by atoms with E-state index in [0.717, 1.165) is 6.42 Å². The number of hydrogen-bond donors (Lipinski definition) is 3. The molecule has 0 bridgehead atoms. The van der Waals surface area contributed by atoms with Crippen molar-refractivity contribution in [2.24, 2.45) is 22.4 Å². The highest BCUT2D eigenvalue weighted by atomic mass is 16.3. The van der Waals surface area contributed by atoms with Crippen LogP contribution in [0.5, 0.6) is 0 Å². The van der Waals surface area contributed by atoms with Crippen LogP contribution in [-0.4, -0.2) is 22.9 Å². The van der Waals surface area contributed by atoms with E-state index in [1.807, 2.05) is 13.8 Å². The highest BCUT2D eigenvalue weighted by Crippen LogP contribution is 2.25. The van der Waals surface area contributed by atoms with Gasteiger partial charge < -0.3 is 16.6 Å². The van der Waals surface area contributed by atoms with Gasteiger partial charge in [-0.3, -0.25) is 9.79 Å². The maximum absolute atomic E-state index is 10.9. The van der Waals surface area contributed by atoms with E-state index in [1.165, 1.54) is 0 Å². The summed E-state index contributed by atoms with van der Waals surface area (Å²) in [6.07, 6.45) is 0.845. The van der Waals surface area contributed by atoms with Gasteiger partial charge >= 0.3 is 0 Å². The Kier molecular flexibility index (Phi) is 2.78. The first-order chi connectivity index (χ1) is 6.49. The molecule has 1 heterocycles. The molecular formula is C9H15N3O2. The van der Waals surface area contributed by atoms with E-state index in [-0.39, 0.29) is 23.1 Å². The van der Waals surface area contributed by atoms with Crippen LogP contribution < -0.4 is 11.5 Å². The fourth-order valence-corrected chi connectivity index (χ4v) is 1.43. The van der Waals surface area contributed by atoms with Crippen LogP contribution in [-0.2, 0) is 4.79 Å². The van der Waals surface area contributed by atoms with Gasteiger partial charge in [0.15, 0.2) is 0 Å². The van der Waals surface area contributed by atoms with Crippen molar-refractivity contribution in [2.75, 3.05) is 0 Å². The molecule has 5 heteroatoms. The zero-order chi connectivity index (χ0) is 10.9. The van der Waals surface area contributed by atoms with Crippen LogP contribution >= 0.6 is 0 Å². The minimum absolute atomic E-state index is 0.0321. The summed E-state index contributed by atoms with van der Waals surface area (Å²) < 4.78 is 0. The molecule has 5 nitrogen and oxygen atoms in total. The first-order valence-corrected chi connectivity index (χ1v) is 4.55. The summed E-state index contributed by atoms with van der Waals surface area (Å²) >= 11 is 0. The van der Waals surface area contributed by atoms with Crippen molar-refractivity contribution in [1.82, 2.24) is 0 Å². The smallest absolute Gasteiger partial charge is 0.255 e. The Morgan fingerprint density at radius 3 is 2.64 bits per heavy atom. The van der Waals surface area contributed by atoms with Gasteiger partial charge in [0.1, 0.15) is 23.2 Å². The predicted octanol–water partition coefficient (Wildman–Crippen LogP) is 0.0693. The summed E-state index contributed by atoms with van der Waals surface area (Å²) in [5, 5.41) is 9.68. The molecule has 0 aromatic rings. The van der Waals surface area contributed by atoms with Gasteiger partial charge in [0, 0.05) is 0 Å². The quantitative estimate of drug-likeness (QED) is 0.596. The average Bonchev–Trinajstić information content (AvgIpc) is 2.40. The number of rotatable bonds is 3. The van der Waals surface area contributed by atoms with Gasteiger partial charge in [-0.15, -0.1) is 0 Å². The Hall–Kier alpha value is -1.52. The average molecular weight is 197 g/mol. The number of nitrogens with zero attached hydrogens (tertiary/aromatic N) is 1. The van der Waals surface area contributed by atoms with Crippen molar-refractivity contribution >= 4 is 11.7 Å². The topological polar surface area (TPSA) is 102 Å². The summed E-state index contributed by atoms with van der Waals surface area (Å²) in [5.41, 5.74) is 10.5. The van der Waals surface area contributed by atoms with Crippen molar-refractivity contribution in [3.8, 4) is 0 Å². The molecule has 0 aromatic heterocycles. The first-order valence-electron chi connectivity index (χ1n) is 4.55. The number of aliphatic imine (C=N–C) groups is 1. The number of amidine groups is 1. The fraction of sp³-hybridized carbons (Fsp3) is 0.556. The van der Waals surface area contributed by atoms with E-state index in [4.69, 9.17) is 11.5 Å². The number of hydrogen-bond acceptors (Lipinski definition) is 4. The number of amides is 1. The Morgan fingerprint density at radius 1 is 1.71 bits per heavy atom. The standard InChI is InChI=1S/C9H15N3O2/c1-3-4(2)6-7(13)5(9(11)14)8(10)12-6/h4,6,13H,3H2,1-2H3,(H2,10,12)(H2,11,14)/t4-,6+/m0/s1. The Morgan fingerprint density at radius 2 is 2.29 bits per heavy atom. The third-order valence-electron chi connectivity index (χ3n) is 2.50. The Balaban J connectivity index is 3.03. The second-order valence-electron chi connectivity index (χ2n) is 3.47. The second kappa shape index (κ2) is 3.69. The number of aliphatic hydroxyl groups is 1. The maximum atomic E-state index is 10.9. The van der Waals surface area contributed by atoms with E-state index in [9.17, 15) is 9.90 Å². The molecule has 1 amide bonds. The van der Waals surface area contributed by atoms with E-state index >= 15 is 0 Å². The molecule has 0 radical (unpaired) electrons. The van der Waals surface area contributed by atoms with Gasteiger partial charge in [0.2, 0.25) is 0 Å². The van der Waals surface area contributed by atoms with Gasteiger partial charge in [-0.2, -0.15) is 0 Å². The van der Waals surface area contributed by atoms with Gasteiger partial charge in [-0.25, -0.2) is 0 Å². The maximum Gasteiger partial charge on any atom is 0.255 e. The third kappa shape index (κ3) is 1.57. The number of carbonyl (C=O) groups excluding carboxylic acids is 1. The Bertz CT molecular complexity index is 320. The molecule has 0 unspecified atom stereocenters. The summed E-state index contributed by atoms with van der Waals surface area (Å²) in [4.78, 5) is 14.9. The van der Waals surface area contributed by atoms with Gasteiger partial charge in [0.05, 0.1) is 0 Å².